The summed E-state index contributed by atoms with van der Waals surface area (Å²) in [6.45, 7) is 2.07. The Morgan fingerprint density at radius 3 is 2.84 bits per heavy atom. The van der Waals surface area contributed by atoms with Crippen molar-refractivity contribution in [3.05, 3.63) is 42.2 Å². The lowest BCUT2D eigenvalue weighted by Crippen LogP contribution is -2.34. The number of hydrogen-bond donors (Lipinski definition) is 1. The fourth-order valence-corrected chi connectivity index (χ4v) is 1.66. The lowest BCUT2D eigenvalue weighted by Gasteiger charge is -2.07. The van der Waals surface area contributed by atoms with Crippen molar-refractivity contribution in [2.24, 2.45) is 5.73 Å². The summed E-state index contributed by atoms with van der Waals surface area (Å²) in [6.07, 6.45) is 2.07. The van der Waals surface area contributed by atoms with Crippen molar-refractivity contribution in [2.75, 3.05) is 6.61 Å². The minimum Gasteiger partial charge on any atom is -0.465 e. The fourth-order valence-electron chi connectivity index (χ4n) is 1.66. The van der Waals surface area contributed by atoms with Gasteiger partial charge in [0.1, 0.15) is 6.04 Å². The number of carbonyl (C=O) groups is 1. The third-order valence-corrected chi connectivity index (χ3v) is 2.58. The minimum atomic E-state index is -0.708. The first kappa shape index (κ1) is 13.2. The van der Waals surface area contributed by atoms with Crippen LogP contribution in [0.5, 0.6) is 0 Å². The molecule has 0 aliphatic heterocycles. The van der Waals surface area contributed by atoms with Gasteiger partial charge < -0.3 is 10.5 Å². The van der Waals surface area contributed by atoms with Crippen molar-refractivity contribution >= 4 is 5.97 Å². The number of aromatic nitrogens is 3. The highest BCUT2D eigenvalue weighted by Gasteiger charge is 2.17. The average molecular weight is 260 g/mol. The number of hydrogen-bond acceptors (Lipinski definition) is 5. The molecule has 6 heteroatoms. The first-order valence-electron chi connectivity index (χ1n) is 6.09. The van der Waals surface area contributed by atoms with Gasteiger partial charge in [-0.1, -0.05) is 23.4 Å². The molecule has 1 aromatic heterocycles. The predicted octanol–water partition coefficient (Wildman–Crippen LogP) is 0.700. The van der Waals surface area contributed by atoms with Gasteiger partial charge in [-0.25, -0.2) is 4.68 Å². The largest absolute Gasteiger partial charge is 0.465 e. The molecular formula is C13H16N4O2. The number of esters is 1. The van der Waals surface area contributed by atoms with E-state index in [0.717, 1.165) is 5.69 Å². The number of rotatable bonds is 5. The van der Waals surface area contributed by atoms with Gasteiger partial charge in [0.05, 0.1) is 24.2 Å². The molecule has 0 amide bonds. The normalized spacial score (nSPS) is 12.1. The molecule has 19 heavy (non-hydrogen) atoms. The molecule has 2 N–H and O–H groups in total. The molecule has 0 spiro atoms. The summed E-state index contributed by atoms with van der Waals surface area (Å²) >= 11 is 0. The standard InChI is InChI=1S/C13H16N4O2/c1-2-19-13(18)12(14)8-10-9-17(16-15-10)11-6-4-3-5-7-11/h3-7,9,12H,2,8,14H2,1H3. The highest BCUT2D eigenvalue weighted by Crippen LogP contribution is 2.07. The number of nitrogens with zero attached hydrogens (tertiary/aromatic N) is 3. The predicted molar refractivity (Wildman–Crippen MR) is 69.7 cm³/mol. The van der Waals surface area contributed by atoms with Crippen LogP contribution in [-0.2, 0) is 16.0 Å². The quantitative estimate of drug-likeness (QED) is 0.800. The SMILES string of the molecule is CCOC(=O)C(N)Cc1cn(-c2ccccc2)nn1. The Balaban J connectivity index is 2.04. The van der Waals surface area contributed by atoms with E-state index in [1.807, 2.05) is 30.3 Å². The van der Waals surface area contributed by atoms with Crippen molar-refractivity contribution in [3.8, 4) is 5.69 Å². The molecule has 2 aromatic rings. The molecule has 6 nitrogen and oxygen atoms in total. The summed E-state index contributed by atoms with van der Waals surface area (Å²) in [6, 6.07) is 8.90. The fraction of sp³-hybridized carbons (Fsp3) is 0.308. The molecule has 1 aromatic carbocycles. The molecule has 0 radical (unpaired) electrons. The van der Waals surface area contributed by atoms with Crippen LogP contribution < -0.4 is 5.73 Å². The number of carbonyl (C=O) groups excluding carboxylic acids is 1. The van der Waals surface area contributed by atoms with Crippen LogP contribution in [0, 0.1) is 0 Å². The molecular weight excluding hydrogens is 244 g/mol. The summed E-state index contributed by atoms with van der Waals surface area (Å²) in [5.74, 6) is -0.420. The summed E-state index contributed by atoms with van der Waals surface area (Å²) in [4.78, 5) is 11.4. The first-order valence-corrected chi connectivity index (χ1v) is 6.09. The second-order valence-electron chi connectivity index (χ2n) is 4.05. The van der Waals surface area contributed by atoms with E-state index in [2.05, 4.69) is 10.3 Å². The zero-order valence-corrected chi connectivity index (χ0v) is 10.7. The van der Waals surface area contributed by atoms with E-state index in [1.165, 1.54) is 0 Å². The van der Waals surface area contributed by atoms with E-state index in [4.69, 9.17) is 10.5 Å². The van der Waals surface area contributed by atoms with Gasteiger partial charge >= 0.3 is 5.97 Å². The Hall–Kier alpha value is -2.21. The van der Waals surface area contributed by atoms with Gasteiger partial charge in [-0.15, -0.1) is 5.10 Å². The van der Waals surface area contributed by atoms with Crippen LogP contribution in [0.15, 0.2) is 36.5 Å². The zero-order chi connectivity index (χ0) is 13.7. The summed E-state index contributed by atoms with van der Waals surface area (Å²) < 4.78 is 6.49. The van der Waals surface area contributed by atoms with Gasteiger partial charge in [-0.05, 0) is 19.1 Å². The molecule has 0 aliphatic carbocycles. The smallest absolute Gasteiger partial charge is 0.323 e. The summed E-state index contributed by atoms with van der Waals surface area (Å²) in [7, 11) is 0. The monoisotopic (exact) mass is 260 g/mol. The van der Waals surface area contributed by atoms with E-state index >= 15 is 0 Å². The van der Waals surface area contributed by atoms with Crippen LogP contribution in [0.4, 0.5) is 0 Å². The molecule has 0 saturated heterocycles. The van der Waals surface area contributed by atoms with Gasteiger partial charge in [-0.2, -0.15) is 0 Å². The maximum Gasteiger partial charge on any atom is 0.323 e. The number of para-hydroxylation sites is 1. The van der Waals surface area contributed by atoms with Crippen LogP contribution in [0.25, 0.3) is 5.69 Å². The minimum absolute atomic E-state index is 0.311. The van der Waals surface area contributed by atoms with Crippen LogP contribution in [-0.4, -0.2) is 33.6 Å². The summed E-state index contributed by atoms with van der Waals surface area (Å²) in [5.41, 5.74) is 7.30. The zero-order valence-electron chi connectivity index (χ0n) is 10.7. The Morgan fingerprint density at radius 1 is 1.42 bits per heavy atom. The molecule has 100 valence electrons. The molecule has 0 aliphatic rings. The van der Waals surface area contributed by atoms with Crippen LogP contribution in [0.1, 0.15) is 12.6 Å². The van der Waals surface area contributed by atoms with E-state index in [0.29, 0.717) is 18.7 Å². The van der Waals surface area contributed by atoms with Crippen LogP contribution in [0.3, 0.4) is 0 Å². The van der Waals surface area contributed by atoms with E-state index in [1.54, 1.807) is 17.8 Å². The van der Waals surface area contributed by atoms with Crippen molar-refractivity contribution in [3.63, 3.8) is 0 Å². The lowest BCUT2D eigenvalue weighted by atomic mass is 10.2. The van der Waals surface area contributed by atoms with Crippen molar-refractivity contribution in [1.29, 1.82) is 0 Å². The third-order valence-electron chi connectivity index (χ3n) is 2.58. The number of nitrogens with two attached hydrogens (primary N) is 1. The van der Waals surface area contributed by atoms with Crippen LogP contribution >= 0.6 is 0 Å². The Morgan fingerprint density at radius 2 is 2.16 bits per heavy atom. The van der Waals surface area contributed by atoms with Gasteiger partial charge in [0.2, 0.25) is 0 Å². The molecule has 0 saturated carbocycles. The summed E-state index contributed by atoms with van der Waals surface area (Å²) in [5, 5.41) is 8.00. The lowest BCUT2D eigenvalue weighted by molar-refractivity contribution is -0.144. The Kier molecular flexibility index (Phi) is 4.25. The first-order chi connectivity index (χ1) is 9.20. The van der Waals surface area contributed by atoms with Gasteiger partial charge in [0, 0.05) is 6.42 Å². The van der Waals surface area contributed by atoms with E-state index < -0.39 is 12.0 Å². The maximum absolute atomic E-state index is 11.4. The van der Waals surface area contributed by atoms with E-state index in [-0.39, 0.29) is 0 Å². The van der Waals surface area contributed by atoms with Crippen molar-refractivity contribution in [1.82, 2.24) is 15.0 Å². The number of benzene rings is 1. The van der Waals surface area contributed by atoms with Gasteiger partial charge in [0.25, 0.3) is 0 Å². The Labute approximate surface area is 111 Å². The molecule has 0 bridgehead atoms. The highest BCUT2D eigenvalue weighted by molar-refractivity contribution is 5.75. The second-order valence-corrected chi connectivity index (χ2v) is 4.05. The van der Waals surface area contributed by atoms with Gasteiger partial charge in [-0.3, -0.25) is 4.79 Å². The Bertz CT molecular complexity index is 539. The van der Waals surface area contributed by atoms with Crippen LogP contribution in [0.2, 0.25) is 0 Å². The van der Waals surface area contributed by atoms with E-state index in [9.17, 15) is 4.79 Å². The maximum atomic E-state index is 11.4. The van der Waals surface area contributed by atoms with Crippen molar-refractivity contribution in [2.45, 2.75) is 19.4 Å². The molecule has 1 heterocycles. The third kappa shape index (κ3) is 3.38. The van der Waals surface area contributed by atoms with Gasteiger partial charge in [0.15, 0.2) is 0 Å². The molecule has 1 unspecified atom stereocenters. The van der Waals surface area contributed by atoms with Crippen molar-refractivity contribution < 1.29 is 9.53 Å². The molecule has 1 atom stereocenters. The second kappa shape index (κ2) is 6.10. The average Bonchev–Trinajstić information content (AvgIpc) is 2.88. The molecule has 0 fully saturated rings. The highest BCUT2D eigenvalue weighted by atomic mass is 16.5. The topological polar surface area (TPSA) is 83.0 Å². The molecule has 2 rings (SSSR count). The number of ether oxygens (including phenoxy) is 1.